The molecule has 0 aliphatic carbocycles. The number of allylic oxidation sites excluding steroid dienone is 1. The van der Waals surface area contributed by atoms with Gasteiger partial charge in [0.15, 0.2) is 0 Å². The van der Waals surface area contributed by atoms with Crippen LogP contribution in [-0.4, -0.2) is 12.9 Å². The van der Waals surface area contributed by atoms with Gasteiger partial charge in [-0.2, -0.15) is 0 Å². The zero-order valence-corrected chi connectivity index (χ0v) is 8.27. The Hall–Kier alpha value is -1.57. The monoisotopic (exact) mass is 190 g/mol. The Balaban J connectivity index is 2.59. The third-order valence-electron chi connectivity index (χ3n) is 1.72. The normalized spacial score (nSPS) is 10.4. The Morgan fingerprint density at radius 2 is 2.00 bits per heavy atom. The number of carbonyl (C=O) groups is 1. The van der Waals surface area contributed by atoms with E-state index in [2.05, 4.69) is 6.92 Å². The van der Waals surface area contributed by atoms with Crippen molar-refractivity contribution in [1.29, 1.82) is 0 Å². The van der Waals surface area contributed by atoms with Crippen LogP contribution in [0.15, 0.2) is 30.3 Å². The molecule has 14 heavy (non-hydrogen) atoms. The van der Waals surface area contributed by atoms with E-state index in [0.717, 1.165) is 30.6 Å². The molecule has 0 saturated heterocycles. The van der Waals surface area contributed by atoms with Crippen molar-refractivity contribution in [3.05, 3.63) is 35.9 Å². The molecule has 0 heterocycles. The molecule has 74 valence electrons. The number of ether oxygens (including phenoxy) is 1. The summed E-state index contributed by atoms with van der Waals surface area (Å²) in [5, 5.41) is 0. The molecule has 2 nitrogen and oxygen atoms in total. The maximum absolute atomic E-state index is 10.1. The molecule has 1 aromatic rings. The van der Waals surface area contributed by atoms with Crippen molar-refractivity contribution in [2.24, 2.45) is 0 Å². The van der Waals surface area contributed by atoms with Crippen LogP contribution in [0, 0.1) is 0 Å². The van der Waals surface area contributed by atoms with Crippen molar-refractivity contribution in [3.63, 3.8) is 0 Å². The zero-order valence-electron chi connectivity index (χ0n) is 8.27. The predicted octanol–water partition coefficient (Wildman–Crippen LogP) is 2.69. The number of aldehydes is 1. The maximum Gasteiger partial charge on any atom is 0.142 e. The summed E-state index contributed by atoms with van der Waals surface area (Å²) in [4.78, 5) is 10.1. The fraction of sp³-hybridized carbons (Fsp3) is 0.250. The number of benzene rings is 1. The summed E-state index contributed by atoms with van der Waals surface area (Å²) in [5.41, 5.74) is 1.00. The van der Waals surface area contributed by atoms with Gasteiger partial charge >= 0.3 is 0 Å². The molecule has 0 saturated carbocycles. The quantitative estimate of drug-likeness (QED) is 0.527. The van der Waals surface area contributed by atoms with E-state index >= 15 is 0 Å². The highest BCUT2D eigenvalue weighted by Gasteiger charge is 1.91. The minimum Gasteiger partial charge on any atom is -0.494 e. The van der Waals surface area contributed by atoms with E-state index in [4.69, 9.17) is 4.74 Å². The van der Waals surface area contributed by atoms with Crippen LogP contribution >= 0.6 is 0 Å². The largest absolute Gasteiger partial charge is 0.494 e. The molecule has 2 heteroatoms. The number of carbonyl (C=O) groups excluding carboxylic acids is 1. The van der Waals surface area contributed by atoms with Crippen molar-refractivity contribution in [2.45, 2.75) is 13.3 Å². The van der Waals surface area contributed by atoms with E-state index in [1.807, 2.05) is 24.3 Å². The topological polar surface area (TPSA) is 26.3 Å². The average molecular weight is 190 g/mol. The van der Waals surface area contributed by atoms with E-state index < -0.39 is 0 Å². The van der Waals surface area contributed by atoms with Crippen LogP contribution in [0.5, 0.6) is 5.75 Å². The predicted molar refractivity (Wildman–Crippen MR) is 57.3 cm³/mol. The first kappa shape index (κ1) is 10.5. The first-order valence-corrected chi connectivity index (χ1v) is 4.71. The van der Waals surface area contributed by atoms with Gasteiger partial charge in [-0.1, -0.05) is 25.1 Å². The molecule has 0 atom stereocenters. The van der Waals surface area contributed by atoms with Gasteiger partial charge in [-0.3, -0.25) is 4.79 Å². The summed E-state index contributed by atoms with van der Waals surface area (Å²) < 4.78 is 5.42. The molecule has 1 rings (SSSR count). The van der Waals surface area contributed by atoms with Crippen LogP contribution in [-0.2, 0) is 4.79 Å². The van der Waals surface area contributed by atoms with Crippen LogP contribution < -0.4 is 4.74 Å². The molecule has 0 aliphatic rings. The molecule has 0 radical (unpaired) electrons. The summed E-state index contributed by atoms with van der Waals surface area (Å²) in [6.45, 7) is 2.81. The lowest BCUT2D eigenvalue weighted by atomic mass is 10.2. The fourth-order valence-corrected chi connectivity index (χ4v) is 1.05. The van der Waals surface area contributed by atoms with Gasteiger partial charge < -0.3 is 4.74 Å². The number of rotatable bonds is 5. The first-order chi connectivity index (χ1) is 6.86. The van der Waals surface area contributed by atoms with E-state index in [-0.39, 0.29) is 0 Å². The van der Waals surface area contributed by atoms with E-state index in [9.17, 15) is 4.79 Å². The molecular weight excluding hydrogens is 176 g/mol. The molecular formula is C12H14O2. The van der Waals surface area contributed by atoms with Gasteiger partial charge in [-0.25, -0.2) is 0 Å². The van der Waals surface area contributed by atoms with Gasteiger partial charge in [0.25, 0.3) is 0 Å². The first-order valence-electron chi connectivity index (χ1n) is 4.71. The zero-order chi connectivity index (χ0) is 10.2. The molecule has 1 aromatic carbocycles. The Labute approximate surface area is 84.2 Å². The Bertz CT molecular complexity index is 299. The minimum absolute atomic E-state index is 0.740. The van der Waals surface area contributed by atoms with Gasteiger partial charge in [-0.15, -0.1) is 0 Å². The fourth-order valence-electron chi connectivity index (χ4n) is 1.05. The third kappa shape index (κ3) is 3.44. The Kier molecular flexibility index (Phi) is 4.48. The minimum atomic E-state index is 0.740. The van der Waals surface area contributed by atoms with Gasteiger partial charge in [0.1, 0.15) is 12.0 Å². The van der Waals surface area contributed by atoms with Crippen molar-refractivity contribution in [1.82, 2.24) is 0 Å². The summed E-state index contributed by atoms with van der Waals surface area (Å²) in [7, 11) is 0. The highest BCUT2D eigenvalue weighted by molar-refractivity contribution is 5.73. The van der Waals surface area contributed by atoms with E-state index in [1.165, 1.54) is 6.08 Å². The molecule has 0 spiro atoms. The lowest BCUT2D eigenvalue weighted by molar-refractivity contribution is -0.104. The second-order valence-electron chi connectivity index (χ2n) is 2.91. The standard InChI is InChI=1S/C12H14O2/c1-2-10-14-12-7-5-11(6-8-12)4-3-9-13/h3-9H,2,10H2,1H3/b4-3+. The molecule has 0 aliphatic heterocycles. The smallest absolute Gasteiger partial charge is 0.142 e. The van der Waals surface area contributed by atoms with Crippen LogP contribution in [0.4, 0.5) is 0 Å². The van der Waals surface area contributed by atoms with Crippen molar-refractivity contribution >= 4 is 12.4 Å². The molecule has 0 bridgehead atoms. The van der Waals surface area contributed by atoms with Gasteiger partial charge in [-0.05, 0) is 30.2 Å². The van der Waals surface area contributed by atoms with Gasteiger partial charge in [0.05, 0.1) is 6.61 Å². The van der Waals surface area contributed by atoms with Crippen LogP contribution in [0.3, 0.4) is 0 Å². The number of hydrogen-bond acceptors (Lipinski definition) is 2. The average Bonchev–Trinajstić information content (AvgIpc) is 2.25. The van der Waals surface area contributed by atoms with Crippen molar-refractivity contribution in [2.75, 3.05) is 6.61 Å². The summed E-state index contributed by atoms with van der Waals surface area (Å²) >= 11 is 0. The van der Waals surface area contributed by atoms with E-state index in [0.29, 0.717) is 0 Å². The highest BCUT2D eigenvalue weighted by Crippen LogP contribution is 2.13. The van der Waals surface area contributed by atoms with Gasteiger partial charge in [0.2, 0.25) is 0 Å². The van der Waals surface area contributed by atoms with E-state index in [1.54, 1.807) is 6.08 Å². The maximum atomic E-state index is 10.1. The summed E-state index contributed by atoms with van der Waals surface area (Å²) in [6.07, 6.45) is 5.01. The van der Waals surface area contributed by atoms with Crippen LogP contribution in [0.1, 0.15) is 18.9 Å². The molecule has 0 fully saturated rings. The van der Waals surface area contributed by atoms with Crippen LogP contribution in [0.25, 0.3) is 6.08 Å². The molecule has 0 unspecified atom stereocenters. The SMILES string of the molecule is CCCOc1ccc(/C=C/C=O)cc1. The number of hydrogen-bond donors (Lipinski definition) is 0. The molecule has 0 N–H and O–H groups in total. The van der Waals surface area contributed by atoms with Crippen molar-refractivity contribution in [3.8, 4) is 5.75 Å². The Morgan fingerprint density at radius 1 is 1.29 bits per heavy atom. The molecule has 0 aromatic heterocycles. The second-order valence-corrected chi connectivity index (χ2v) is 2.91. The molecule has 0 amide bonds. The second kappa shape index (κ2) is 5.97. The lowest BCUT2D eigenvalue weighted by Crippen LogP contribution is -1.94. The van der Waals surface area contributed by atoms with Crippen LogP contribution in [0.2, 0.25) is 0 Å². The van der Waals surface area contributed by atoms with Crippen molar-refractivity contribution < 1.29 is 9.53 Å². The lowest BCUT2D eigenvalue weighted by Gasteiger charge is -2.03. The third-order valence-corrected chi connectivity index (χ3v) is 1.72. The summed E-state index contributed by atoms with van der Waals surface area (Å²) in [6, 6.07) is 7.65. The summed E-state index contributed by atoms with van der Waals surface area (Å²) in [5.74, 6) is 0.870. The van der Waals surface area contributed by atoms with Gasteiger partial charge in [0, 0.05) is 0 Å². The Morgan fingerprint density at radius 3 is 2.57 bits per heavy atom. The highest BCUT2D eigenvalue weighted by atomic mass is 16.5.